The summed E-state index contributed by atoms with van der Waals surface area (Å²) in [6, 6.07) is 5.77. The van der Waals surface area contributed by atoms with E-state index in [1.165, 1.54) is 0 Å². The summed E-state index contributed by atoms with van der Waals surface area (Å²) in [6.45, 7) is 0. The first-order valence-corrected chi connectivity index (χ1v) is 4.41. The number of nitrogens with zero attached hydrogens (tertiary/aromatic N) is 1. The molecule has 0 aliphatic carbocycles. The van der Waals surface area contributed by atoms with Crippen LogP contribution in [0.1, 0.15) is 0 Å². The van der Waals surface area contributed by atoms with Crippen molar-refractivity contribution in [3.8, 4) is 0 Å². The van der Waals surface area contributed by atoms with Crippen molar-refractivity contribution < 1.29 is 0 Å². The highest BCUT2D eigenvalue weighted by atomic mass is 79.9. The van der Waals surface area contributed by atoms with Crippen LogP contribution in [0.25, 0.3) is 0 Å². The van der Waals surface area contributed by atoms with Crippen LogP contribution in [0.5, 0.6) is 0 Å². The molecule has 0 aromatic heterocycles. The molecule has 0 saturated heterocycles. The van der Waals surface area contributed by atoms with E-state index in [-0.39, 0.29) is 0 Å². The number of hydrogen-bond donors (Lipinski definition) is 0. The number of halogens is 2. The Hall–Kier alpha value is -0.210. The predicted octanol–water partition coefficient (Wildman–Crippen LogP) is 3.17. The van der Waals surface area contributed by atoms with E-state index in [1.807, 2.05) is 37.2 Å². The molecule has 0 aliphatic rings. The van der Waals surface area contributed by atoms with Gasteiger partial charge in [-0.05, 0) is 28.1 Å². The molecule has 0 atom stereocenters. The molecule has 3 heteroatoms. The molecule has 0 unspecified atom stereocenters. The number of hydrogen-bond acceptors (Lipinski definition) is 1. The first kappa shape index (κ1) is 8.88. The van der Waals surface area contributed by atoms with Crippen LogP contribution >= 0.6 is 27.5 Å². The Morgan fingerprint density at radius 1 is 1.36 bits per heavy atom. The van der Waals surface area contributed by atoms with E-state index in [0.29, 0.717) is 0 Å². The van der Waals surface area contributed by atoms with Gasteiger partial charge >= 0.3 is 0 Å². The summed E-state index contributed by atoms with van der Waals surface area (Å²) in [5, 5.41) is 0.768. The van der Waals surface area contributed by atoms with Gasteiger partial charge in [0.25, 0.3) is 0 Å². The fourth-order valence-electron chi connectivity index (χ4n) is 0.916. The Balaban J connectivity index is 3.21. The smallest absolute Gasteiger partial charge is 0.0694 e. The molecule has 0 N–H and O–H groups in total. The van der Waals surface area contributed by atoms with Crippen molar-refractivity contribution in [3.05, 3.63) is 27.7 Å². The van der Waals surface area contributed by atoms with Gasteiger partial charge in [0.05, 0.1) is 10.7 Å². The summed E-state index contributed by atoms with van der Waals surface area (Å²) in [5.74, 6) is 0. The van der Waals surface area contributed by atoms with Gasteiger partial charge < -0.3 is 4.90 Å². The van der Waals surface area contributed by atoms with Crippen LogP contribution < -0.4 is 4.90 Å². The summed E-state index contributed by atoms with van der Waals surface area (Å²) in [4.78, 5) is 1.98. The van der Waals surface area contributed by atoms with E-state index in [2.05, 4.69) is 15.9 Å². The highest BCUT2D eigenvalue weighted by molar-refractivity contribution is 9.10. The van der Waals surface area contributed by atoms with Crippen LogP contribution in [-0.4, -0.2) is 14.1 Å². The maximum atomic E-state index is 5.95. The van der Waals surface area contributed by atoms with E-state index in [1.54, 1.807) is 0 Å². The van der Waals surface area contributed by atoms with Crippen LogP contribution in [0.2, 0.25) is 5.02 Å². The average molecular weight is 235 g/mol. The minimum absolute atomic E-state index is 0.768. The molecule has 60 valence electrons. The zero-order chi connectivity index (χ0) is 8.43. The van der Waals surface area contributed by atoms with Crippen LogP contribution in [0.15, 0.2) is 22.7 Å². The number of para-hydroxylation sites is 1. The second-order valence-corrected chi connectivity index (χ2v) is 3.73. The molecular formula is C8H9BrClN. The molecule has 0 saturated carbocycles. The lowest BCUT2D eigenvalue weighted by Crippen LogP contribution is -2.09. The molecule has 0 heterocycles. The Morgan fingerprint density at radius 3 is 2.36 bits per heavy atom. The first-order valence-electron chi connectivity index (χ1n) is 3.24. The predicted molar refractivity (Wildman–Crippen MR) is 53.5 cm³/mol. The molecule has 1 rings (SSSR count). The van der Waals surface area contributed by atoms with Crippen molar-refractivity contribution in [2.75, 3.05) is 19.0 Å². The first-order chi connectivity index (χ1) is 5.13. The minimum Gasteiger partial charge on any atom is -0.376 e. The van der Waals surface area contributed by atoms with Gasteiger partial charge in [-0.15, -0.1) is 0 Å². The third kappa shape index (κ3) is 1.88. The van der Waals surface area contributed by atoms with Crippen molar-refractivity contribution in [2.45, 2.75) is 0 Å². The maximum Gasteiger partial charge on any atom is 0.0694 e. The number of benzene rings is 1. The second kappa shape index (κ2) is 3.46. The topological polar surface area (TPSA) is 3.24 Å². The van der Waals surface area contributed by atoms with E-state index in [4.69, 9.17) is 11.6 Å². The highest BCUT2D eigenvalue weighted by Gasteiger charge is 2.05. The third-order valence-corrected chi connectivity index (χ3v) is 2.33. The standard InChI is InChI=1S/C8H9BrClN/c1-11(2)8-6(9)4-3-5-7(8)10/h3-5H,1-2H3. The zero-order valence-electron chi connectivity index (χ0n) is 6.44. The van der Waals surface area contributed by atoms with Crippen molar-refractivity contribution in [2.24, 2.45) is 0 Å². The lowest BCUT2D eigenvalue weighted by Gasteiger charge is -2.15. The molecule has 1 aromatic carbocycles. The van der Waals surface area contributed by atoms with Gasteiger partial charge in [0.2, 0.25) is 0 Å². The summed E-state index contributed by atoms with van der Waals surface area (Å²) in [5.41, 5.74) is 1.02. The lowest BCUT2D eigenvalue weighted by molar-refractivity contribution is 1.12. The Labute approximate surface area is 80.1 Å². The highest BCUT2D eigenvalue weighted by Crippen LogP contribution is 2.31. The molecule has 0 amide bonds. The monoisotopic (exact) mass is 233 g/mol. The van der Waals surface area contributed by atoms with E-state index < -0.39 is 0 Å². The quantitative estimate of drug-likeness (QED) is 0.721. The van der Waals surface area contributed by atoms with Crippen LogP contribution in [0.4, 0.5) is 5.69 Å². The lowest BCUT2D eigenvalue weighted by atomic mass is 10.3. The Bertz CT molecular complexity index is 240. The molecule has 0 fully saturated rings. The molecule has 0 radical (unpaired) electrons. The molecule has 1 nitrogen and oxygen atoms in total. The molecular weight excluding hydrogens is 225 g/mol. The van der Waals surface area contributed by atoms with E-state index in [9.17, 15) is 0 Å². The SMILES string of the molecule is CN(C)c1c(Cl)cccc1Br. The van der Waals surface area contributed by atoms with E-state index in [0.717, 1.165) is 15.2 Å². The number of rotatable bonds is 1. The van der Waals surface area contributed by atoms with Crippen LogP contribution in [-0.2, 0) is 0 Å². The largest absolute Gasteiger partial charge is 0.376 e. The van der Waals surface area contributed by atoms with Gasteiger partial charge in [0.15, 0.2) is 0 Å². The van der Waals surface area contributed by atoms with Gasteiger partial charge in [-0.1, -0.05) is 17.7 Å². The van der Waals surface area contributed by atoms with E-state index >= 15 is 0 Å². The van der Waals surface area contributed by atoms with Gasteiger partial charge in [-0.3, -0.25) is 0 Å². The van der Waals surface area contributed by atoms with Crippen molar-refractivity contribution in [3.63, 3.8) is 0 Å². The molecule has 0 bridgehead atoms. The fourth-order valence-corrected chi connectivity index (χ4v) is 2.09. The summed E-state index contributed by atoms with van der Waals surface area (Å²) >= 11 is 9.37. The van der Waals surface area contributed by atoms with Crippen molar-refractivity contribution >= 4 is 33.2 Å². The summed E-state index contributed by atoms with van der Waals surface area (Å²) in [7, 11) is 3.93. The maximum absolute atomic E-state index is 5.95. The molecule has 0 spiro atoms. The van der Waals surface area contributed by atoms with Crippen molar-refractivity contribution in [1.29, 1.82) is 0 Å². The van der Waals surface area contributed by atoms with Crippen molar-refractivity contribution in [1.82, 2.24) is 0 Å². The molecule has 11 heavy (non-hydrogen) atoms. The Kier molecular flexibility index (Phi) is 2.79. The normalized spacial score (nSPS) is 9.82. The average Bonchev–Trinajstić information content (AvgIpc) is 1.85. The molecule has 0 aliphatic heterocycles. The molecule has 1 aromatic rings. The van der Waals surface area contributed by atoms with Gasteiger partial charge in [0.1, 0.15) is 0 Å². The minimum atomic E-state index is 0.768. The number of anilines is 1. The van der Waals surface area contributed by atoms with Gasteiger partial charge in [-0.25, -0.2) is 0 Å². The zero-order valence-corrected chi connectivity index (χ0v) is 8.78. The van der Waals surface area contributed by atoms with Gasteiger partial charge in [0, 0.05) is 18.6 Å². The third-order valence-electron chi connectivity index (χ3n) is 1.38. The van der Waals surface area contributed by atoms with Crippen LogP contribution in [0, 0.1) is 0 Å². The fraction of sp³-hybridized carbons (Fsp3) is 0.250. The Morgan fingerprint density at radius 2 is 2.00 bits per heavy atom. The summed E-state index contributed by atoms with van der Waals surface area (Å²) < 4.78 is 1.02. The second-order valence-electron chi connectivity index (χ2n) is 2.46. The van der Waals surface area contributed by atoms with Crippen LogP contribution in [0.3, 0.4) is 0 Å². The summed E-state index contributed by atoms with van der Waals surface area (Å²) in [6.07, 6.45) is 0. The van der Waals surface area contributed by atoms with Gasteiger partial charge in [-0.2, -0.15) is 0 Å².